The van der Waals surface area contributed by atoms with Gasteiger partial charge in [-0.05, 0) is 53.1 Å². The maximum atomic E-state index is 15.3. The second-order valence-electron chi connectivity index (χ2n) is 11.9. The van der Waals surface area contributed by atoms with E-state index in [4.69, 9.17) is 18.6 Å². The van der Waals surface area contributed by atoms with Crippen molar-refractivity contribution < 1.29 is 32.7 Å². The standard InChI is InChI=1S/C29H33FN4O7Si/c1-28(2,3)42-41-29(4,5)24-14-33(27(35)40-24)20-10-11-22(23(30)12-20)19-8-6-18(7-9-19)16-38-21-13-32-15-25(34(36)37)31-26(32)39-17-21/h6-12,15,21,24H,13-14,16-17H2,1-5H3/t21-,24+/m0/s1. The number of carbonyl (C=O) groups excluding carboxylic acids is 1. The number of imidazole rings is 1. The van der Waals surface area contributed by atoms with E-state index in [0.717, 1.165) is 5.56 Å². The van der Waals surface area contributed by atoms with Gasteiger partial charge in [-0.2, -0.15) is 0 Å². The van der Waals surface area contributed by atoms with Crippen molar-refractivity contribution in [1.29, 1.82) is 0 Å². The first kappa shape index (κ1) is 29.7. The summed E-state index contributed by atoms with van der Waals surface area (Å²) in [5, 5.41) is 10.9. The lowest BCUT2D eigenvalue weighted by Gasteiger charge is -2.32. The molecule has 0 saturated carbocycles. The Bertz CT molecular complexity index is 1470. The number of hydrogen-bond acceptors (Lipinski definition) is 8. The van der Waals surface area contributed by atoms with Gasteiger partial charge in [0.1, 0.15) is 30.8 Å². The highest BCUT2D eigenvalue weighted by Crippen LogP contribution is 2.33. The highest BCUT2D eigenvalue weighted by atomic mass is 28.2. The van der Waals surface area contributed by atoms with E-state index in [0.29, 0.717) is 23.4 Å². The summed E-state index contributed by atoms with van der Waals surface area (Å²) in [5.74, 6) is -0.724. The van der Waals surface area contributed by atoms with E-state index < -0.39 is 28.5 Å². The second-order valence-corrected chi connectivity index (χ2v) is 13.8. The predicted octanol–water partition coefficient (Wildman–Crippen LogP) is 5.53. The van der Waals surface area contributed by atoms with Crippen LogP contribution in [0.3, 0.4) is 0 Å². The van der Waals surface area contributed by atoms with Gasteiger partial charge >= 0.3 is 17.9 Å². The van der Waals surface area contributed by atoms with Gasteiger partial charge in [0.25, 0.3) is 0 Å². The van der Waals surface area contributed by atoms with Crippen molar-refractivity contribution in [3.05, 3.63) is 70.2 Å². The van der Waals surface area contributed by atoms with Crippen molar-refractivity contribution in [1.82, 2.24) is 9.55 Å². The fraction of sp³-hybridized carbons (Fsp3) is 0.448. The Kier molecular flexibility index (Phi) is 8.10. The zero-order chi connectivity index (χ0) is 30.2. The first-order valence-corrected chi connectivity index (χ1v) is 14.5. The lowest BCUT2D eigenvalue weighted by atomic mass is 10.0. The molecule has 1 fully saturated rings. The number of aromatic nitrogens is 2. The van der Waals surface area contributed by atoms with Crippen molar-refractivity contribution in [2.45, 2.75) is 70.6 Å². The predicted molar refractivity (Wildman–Crippen MR) is 153 cm³/mol. The molecule has 0 bridgehead atoms. The van der Waals surface area contributed by atoms with Gasteiger partial charge in [0.15, 0.2) is 0 Å². The topological polar surface area (TPSA) is 118 Å². The van der Waals surface area contributed by atoms with E-state index in [1.54, 1.807) is 16.7 Å². The summed E-state index contributed by atoms with van der Waals surface area (Å²) in [5.41, 5.74) is 1.69. The average molecular weight is 597 g/mol. The van der Waals surface area contributed by atoms with Gasteiger partial charge in [-0.15, -0.1) is 0 Å². The molecule has 2 aromatic carbocycles. The number of ether oxygens (including phenoxy) is 3. The van der Waals surface area contributed by atoms with Crippen LogP contribution >= 0.6 is 0 Å². The molecule has 1 amide bonds. The quantitative estimate of drug-likeness (QED) is 0.180. The number of fused-ring (bicyclic) bond motifs is 1. The Hall–Kier alpha value is -3.81. The van der Waals surface area contributed by atoms with Crippen molar-refractivity contribution in [3.63, 3.8) is 0 Å². The number of carbonyl (C=O) groups is 1. The summed E-state index contributed by atoms with van der Waals surface area (Å²) in [6.45, 7) is 11.2. The third-order valence-corrected chi connectivity index (χ3v) is 8.18. The number of hydrogen-bond donors (Lipinski definition) is 0. The van der Waals surface area contributed by atoms with Crippen LogP contribution in [-0.2, 0) is 27.1 Å². The Morgan fingerprint density at radius 3 is 2.55 bits per heavy atom. The number of anilines is 1. The molecule has 5 rings (SSSR count). The SMILES string of the molecule is CC(C)(C)[Si]OC(C)(C)[C@H]1CN(c2ccc(-c3ccc(CO[C@@H]4COc5nc([N+](=O)[O-])cn5C4)cc3)c(F)c2)C(=O)O1. The molecule has 0 spiro atoms. The van der Waals surface area contributed by atoms with Crippen molar-refractivity contribution in [2.24, 2.45) is 0 Å². The maximum Gasteiger partial charge on any atom is 0.414 e. The fourth-order valence-corrected chi connectivity index (χ4v) is 5.25. The van der Waals surface area contributed by atoms with Crippen molar-refractivity contribution in [2.75, 3.05) is 18.1 Å². The summed E-state index contributed by atoms with van der Waals surface area (Å²) >= 11 is 0. The Labute approximate surface area is 245 Å². The number of nitro groups is 1. The second kappa shape index (κ2) is 11.5. The molecule has 0 unspecified atom stereocenters. The van der Waals surface area contributed by atoms with Crippen LogP contribution in [0.1, 0.15) is 40.2 Å². The molecular formula is C29H33FN4O7Si. The molecular weight excluding hydrogens is 563 g/mol. The third kappa shape index (κ3) is 6.63. The maximum absolute atomic E-state index is 15.3. The molecule has 222 valence electrons. The number of benzene rings is 2. The van der Waals surface area contributed by atoms with Gasteiger partial charge in [-0.25, -0.2) is 9.18 Å². The molecule has 2 atom stereocenters. The smallest absolute Gasteiger partial charge is 0.414 e. The van der Waals surface area contributed by atoms with E-state index in [1.807, 2.05) is 38.1 Å². The van der Waals surface area contributed by atoms with Crippen LogP contribution in [-0.4, -0.2) is 61.3 Å². The summed E-state index contributed by atoms with van der Waals surface area (Å²) in [7, 11) is 0.237. The van der Waals surface area contributed by atoms with Gasteiger partial charge in [-0.1, -0.05) is 45.0 Å². The Morgan fingerprint density at radius 1 is 1.14 bits per heavy atom. The zero-order valence-electron chi connectivity index (χ0n) is 24.1. The summed E-state index contributed by atoms with van der Waals surface area (Å²) in [4.78, 5) is 28.3. The van der Waals surface area contributed by atoms with E-state index >= 15 is 4.39 Å². The number of amides is 1. The van der Waals surface area contributed by atoms with Crippen LogP contribution in [0.2, 0.25) is 5.04 Å². The first-order valence-electron chi connectivity index (χ1n) is 13.6. The van der Waals surface area contributed by atoms with Crippen molar-refractivity contribution >= 4 is 27.4 Å². The molecule has 2 radical (unpaired) electrons. The van der Waals surface area contributed by atoms with Crippen LogP contribution in [0, 0.1) is 15.9 Å². The monoisotopic (exact) mass is 596 g/mol. The highest BCUT2D eigenvalue weighted by Gasteiger charge is 2.43. The van der Waals surface area contributed by atoms with E-state index in [-0.39, 0.29) is 52.5 Å². The molecule has 0 aliphatic carbocycles. The van der Waals surface area contributed by atoms with Gasteiger partial charge in [0.05, 0.1) is 31.0 Å². The fourth-order valence-electron chi connectivity index (χ4n) is 4.55. The normalized spacial score (nSPS) is 18.9. The number of rotatable bonds is 9. The minimum Gasteiger partial charge on any atom is -0.443 e. The summed E-state index contributed by atoms with van der Waals surface area (Å²) < 4.78 is 40.0. The number of halogens is 1. The number of cyclic esters (lactones) is 1. The highest BCUT2D eigenvalue weighted by molar-refractivity contribution is 6.31. The minimum atomic E-state index is -0.687. The molecule has 2 aliphatic heterocycles. The van der Waals surface area contributed by atoms with E-state index in [2.05, 4.69) is 25.8 Å². The van der Waals surface area contributed by atoms with Crippen LogP contribution in [0.5, 0.6) is 6.01 Å². The number of nitrogens with zero attached hydrogens (tertiary/aromatic N) is 4. The lowest BCUT2D eigenvalue weighted by molar-refractivity contribution is -0.389. The molecule has 11 nitrogen and oxygen atoms in total. The molecule has 3 heterocycles. The van der Waals surface area contributed by atoms with Crippen LogP contribution in [0.4, 0.5) is 20.7 Å². The molecule has 1 saturated heterocycles. The van der Waals surface area contributed by atoms with Gasteiger partial charge in [0.2, 0.25) is 9.76 Å². The van der Waals surface area contributed by atoms with Crippen LogP contribution in [0.15, 0.2) is 48.7 Å². The largest absolute Gasteiger partial charge is 0.443 e. The first-order chi connectivity index (χ1) is 19.8. The van der Waals surface area contributed by atoms with E-state index in [9.17, 15) is 14.9 Å². The summed E-state index contributed by atoms with van der Waals surface area (Å²) in [6.07, 6.45) is 0.00808. The van der Waals surface area contributed by atoms with E-state index in [1.165, 1.54) is 17.2 Å². The van der Waals surface area contributed by atoms with Crippen LogP contribution in [0.25, 0.3) is 11.1 Å². The Balaban J connectivity index is 1.19. The van der Waals surface area contributed by atoms with Crippen LogP contribution < -0.4 is 9.64 Å². The van der Waals surface area contributed by atoms with Gasteiger partial charge in [0, 0.05) is 10.5 Å². The molecule has 1 aromatic heterocycles. The lowest BCUT2D eigenvalue weighted by Crippen LogP contribution is -2.43. The molecule has 2 aliphatic rings. The van der Waals surface area contributed by atoms with Gasteiger partial charge in [-0.3, -0.25) is 9.47 Å². The molecule has 3 aromatic rings. The van der Waals surface area contributed by atoms with Gasteiger partial charge < -0.3 is 28.8 Å². The Morgan fingerprint density at radius 2 is 1.88 bits per heavy atom. The van der Waals surface area contributed by atoms with Crippen molar-refractivity contribution in [3.8, 4) is 17.1 Å². The average Bonchev–Trinajstić information content (AvgIpc) is 3.55. The minimum absolute atomic E-state index is 0.00726. The third-order valence-electron chi connectivity index (χ3n) is 6.94. The molecule has 0 N–H and O–H groups in total. The molecule has 42 heavy (non-hydrogen) atoms. The molecule has 13 heteroatoms. The zero-order valence-corrected chi connectivity index (χ0v) is 25.1. The summed E-state index contributed by atoms with van der Waals surface area (Å²) in [6, 6.07) is 12.2.